The summed E-state index contributed by atoms with van der Waals surface area (Å²) >= 11 is 2.27. The van der Waals surface area contributed by atoms with Crippen molar-refractivity contribution in [2.24, 2.45) is 4.99 Å². The number of hydrogen-bond donors (Lipinski definition) is 2. The highest BCUT2D eigenvalue weighted by Crippen LogP contribution is 2.42. The third-order valence-electron chi connectivity index (χ3n) is 4.38. The topological polar surface area (TPSA) is 66.4 Å². The molecule has 0 bridgehead atoms. The lowest BCUT2D eigenvalue weighted by Gasteiger charge is -2.11. The lowest BCUT2D eigenvalue weighted by Crippen LogP contribution is -2.40. The first-order valence-corrected chi connectivity index (χ1v) is 10.2. The highest BCUT2D eigenvalue weighted by Gasteiger charge is 2.36. The van der Waals surface area contributed by atoms with Crippen molar-refractivity contribution >= 4 is 44.6 Å². The van der Waals surface area contributed by atoms with Crippen LogP contribution < -0.4 is 10.9 Å². The lowest BCUT2D eigenvalue weighted by atomic mass is 10.1. The van der Waals surface area contributed by atoms with Crippen LogP contribution in [0, 0.1) is 6.92 Å². The summed E-state index contributed by atoms with van der Waals surface area (Å²) in [5.74, 6) is 0.169. The van der Waals surface area contributed by atoms with Crippen molar-refractivity contribution in [3.05, 3.63) is 39.6 Å². The summed E-state index contributed by atoms with van der Waals surface area (Å²) < 4.78 is 41.2. The van der Waals surface area contributed by atoms with E-state index in [1.54, 1.807) is 17.5 Å². The van der Waals surface area contributed by atoms with Crippen molar-refractivity contribution in [3.8, 4) is 10.6 Å². The van der Waals surface area contributed by atoms with Gasteiger partial charge in [0.05, 0.1) is 21.0 Å². The van der Waals surface area contributed by atoms with Gasteiger partial charge in [0, 0.05) is 18.4 Å². The van der Waals surface area contributed by atoms with Crippen molar-refractivity contribution in [1.82, 2.24) is 15.8 Å². The van der Waals surface area contributed by atoms with Crippen LogP contribution in [0.4, 0.5) is 13.2 Å². The molecule has 0 saturated heterocycles. The van der Waals surface area contributed by atoms with E-state index in [1.165, 1.54) is 18.3 Å². The van der Waals surface area contributed by atoms with Crippen molar-refractivity contribution in [2.45, 2.75) is 25.9 Å². The number of alkyl halides is 3. The summed E-state index contributed by atoms with van der Waals surface area (Å²) in [7, 11) is 0. The van der Waals surface area contributed by atoms with E-state index in [9.17, 15) is 18.0 Å². The average Bonchev–Trinajstić information content (AvgIpc) is 3.40. The molecule has 1 amide bonds. The molecule has 5 nitrogen and oxygen atoms in total. The smallest absolute Gasteiger partial charge is 0.285 e. The van der Waals surface area contributed by atoms with Crippen LogP contribution in [0.3, 0.4) is 0 Å². The number of aliphatic imine (C=N–C) groups is 1. The van der Waals surface area contributed by atoms with Gasteiger partial charge in [-0.1, -0.05) is 6.07 Å². The third-order valence-corrected chi connectivity index (χ3v) is 6.46. The van der Waals surface area contributed by atoms with Gasteiger partial charge in [-0.05, 0) is 36.4 Å². The van der Waals surface area contributed by atoms with E-state index in [4.69, 9.17) is 0 Å². The van der Waals surface area contributed by atoms with E-state index in [-0.39, 0.29) is 26.4 Å². The Morgan fingerprint density at radius 3 is 2.79 bits per heavy atom. The van der Waals surface area contributed by atoms with Crippen LogP contribution in [0.15, 0.2) is 28.6 Å². The van der Waals surface area contributed by atoms with Gasteiger partial charge < -0.3 is 0 Å². The molecule has 4 rings (SSSR count). The lowest BCUT2D eigenvalue weighted by molar-refractivity contribution is -0.136. The van der Waals surface area contributed by atoms with E-state index < -0.39 is 17.6 Å². The number of nitrogens with zero attached hydrogens (tertiary/aromatic N) is 2. The maximum atomic E-state index is 13.7. The summed E-state index contributed by atoms with van der Waals surface area (Å²) in [6, 6.07) is 4.54. The predicted molar refractivity (Wildman–Crippen MR) is 105 cm³/mol. The van der Waals surface area contributed by atoms with Gasteiger partial charge >= 0.3 is 6.18 Å². The molecule has 0 atom stereocenters. The van der Waals surface area contributed by atoms with Crippen molar-refractivity contribution < 1.29 is 18.0 Å². The zero-order valence-electron chi connectivity index (χ0n) is 14.7. The van der Waals surface area contributed by atoms with Crippen LogP contribution in [0.2, 0.25) is 0 Å². The maximum Gasteiger partial charge on any atom is 0.417 e. The fraction of sp³-hybridized carbons (Fsp3) is 0.278. The van der Waals surface area contributed by atoms with Crippen LogP contribution in [-0.4, -0.2) is 23.3 Å². The maximum absolute atomic E-state index is 13.7. The number of thiophene rings is 2. The van der Waals surface area contributed by atoms with Gasteiger partial charge in [-0.15, -0.1) is 22.7 Å². The number of aryl methyl sites for hydroxylation is 1. The van der Waals surface area contributed by atoms with E-state index in [2.05, 4.69) is 20.8 Å². The first-order valence-electron chi connectivity index (χ1n) is 8.49. The largest absolute Gasteiger partial charge is 0.417 e. The Morgan fingerprint density at radius 2 is 2.14 bits per heavy atom. The minimum absolute atomic E-state index is 0.0267. The molecule has 0 radical (unpaired) electrons. The Bertz CT molecular complexity index is 1070. The number of carbonyl (C=O) groups excluding carboxylic acids is 1. The Kier molecular flexibility index (Phi) is 4.84. The first-order chi connectivity index (χ1) is 13.3. The zero-order valence-corrected chi connectivity index (χ0v) is 16.3. The number of carbonyl (C=O) groups is 1. The minimum atomic E-state index is -4.55. The molecular weight excluding hydrogens is 409 g/mol. The number of rotatable bonds is 2. The van der Waals surface area contributed by atoms with Gasteiger partial charge in [0.2, 0.25) is 0 Å². The molecule has 0 unspecified atom stereocenters. The van der Waals surface area contributed by atoms with Gasteiger partial charge in [0.25, 0.3) is 5.91 Å². The molecular formula is C18H15F3N4OS2. The molecule has 28 heavy (non-hydrogen) atoms. The molecule has 10 heteroatoms. The Hall–Kier alpha value is -2.46. The molecule has 4 heterocycles. The highest BCUT2D eigenvalue weighted by atomic mass is 32.1. The molecule has 0 saturated carbocycles. The van der Waals surface area contributed by atoms with E-state index >= 15 is 0 Å². The number of hydrazine groups is 1. The normalized spacial score (nSPS) is 14.4. The van der Waals surface area contributed by atoms with Crippen molar-refractivity contribution in [2.75, 3.05) is 6.54 Å². The standard InChI is InChI=1S/C18H15F3N4OS2/c1-9-14-10(18(19,20)21)8-11(12-4-3-7-27-12)23-17(14)28-15(9)16(26)25-24-13-5-2-6-22-13/h3-4,7-8H,2,5-6H2,1H3,(H,22,24)(H,25,26). The average molecular weight is 424 g/mol. The summed E-state index contributed by atoms with van der Waals surface area (Å²) in [5.41, 5.74) is 5.02. The molecule has 146 valence electrons. The molecule has 1 aliphatic rings. The number of fused-ring (bicyclic) bond motifs is 1. The number of amides is 1. The molecule has 0 fully saturated rings. The van der Waals surface area contributed by atoms with E-state index in [1.807, 2.05) is 0 Å². The van der Waals surface area contributed by atoms with Crippen LogP contribution in [-0.2, 0) is 6.18 Å². The van der Waals surface area contributed by atoms with Crippen LogP contribution in [0.5, 0.6) is 0 Å². The van der Waals surface area contributed by atoms with Gasteiger partial charge in [-0.25, -0.2) is 4.98 Å². The Labute approximate surface area is 166 Å². The zero-order chi connectivity index (χ0) is 19.9. The first kappa shape index (κ1) is 18.9. The SMILES string of the molecule is Cc1c(C(=O)NNC2=NCCC2)sc2nc(-c3cccs3)cc(C(F)(F)F)c12. The summed E-state index contributed by atoms with van der Waals surface area (Å²) in [6.07, 6.45) is -2.91. The van der Waals surface area contributed by atoms with Gasteiger partial charge in [0.1, 0.15) is 10.7 Å². The number of amidine groups is 1. The monoisotopic (exact) mass is 424 g/mol. The quantitative estimate of drug-likeness (QED) is 0.582. The van der Waals surface area contributed by atoms with Gasteiger partial charge in [0.15, 0.2) is 0 Å². The third kappa shape index (κ3) is 3.49. The van der Waals surface area contributed by atoms with E-state index in [0.717, 1.165) is 30.2 Å². The Balaban J connectivity index is 1.77. The summed E-state index contributed by atoms with van der Waals surface area (Å²) in [4.78, 5) is 22.2. The van der Waals surface area contributed by atoms with Gasteiger partial charge in [-0.3, -0.25) is 20.6 Å². The number of halogens is 3. The second kappa shape index (κ2) is 7.17. The van der Waals surface area contributed by atoms with E-state index in [0.29, 0.717) is 17.3 Å². The Morgan fingerprint density at radius 1 is 1.32 bits per heavy atom. The fourth-order valence-corrected chi connectivity index (χ4v) is 4.85. The second-order valence-electron chi connectivity index (χ2n) is 6.28. The molecule has 0 aliphatic carbocycles. The number of pyridine rings is 1. The second-order valence-corrected chi connectivity index (χ2v) is 8.22. The molecule has 0 aromatic carbocycles. The van der Waals surface area contributed by atoms with Crippen LogP contribution >= 0.6 is 22.7 Å². The van der Waals surface area contributed by atoms with Crippen molar-refractivity contribution in [3.63, 3.8) is 0 Å². The number of nitrogens with one attached hydrogen (secondary N) is 2. The number of hydrogen-bond acceptors (Lipinski definition) is 6. The molecule has 1 aliphatic heterocycles. The molecule has 0 spiro atoms. The van der Waals surface area contributed by atoms with Crippen LogP contribution in [0.1, 0.15) is 33.6 Å². The summed E-state index contributed by atoms with van der Waals surface area (Å²) in [5, 5.41) is 1.76. The van der Waals surface area contributed by atoms with Crippen LogP contribution in [0.25, 0.3) is 20.8 Å². The molecule has 3 aromatic rings. The molecule has 2 N–H and O–H groups in total. The predicted octanol–water partition coefficient (Wildman–Crippen LogP) is 4.78. The van der Waals surface area contributed by atoms with Gasteiger partial charge in [-0.2, -0.15) is 13.2 Å². The minimum Gasteiger partial charge on any atom is -0.285 e. The summed E-state index contributed by atoms with van der Waals surface area (Å²) in [6.45, 7) is 2.22. The fourth-order valence-electron chi connectivity index (χ4n) is 3.06. The molecule has 3 aromatic heterocycles. The van der Waals surface area contributed by atoms with Crippen molar-refractivity contribution in [1.29, 1.82) is 0 Å². The highest BCUT2D eigenvalue weighted by molar-refractivity contribution is 7.20. The number of aromatic nitrogens is 1.